The summed E-state index contributed by atoms with van der Waals surface area (Å²) in [6.07, 6.45) is 6.40. The lowest BCUT2D eigenvalue weighted by Crippen LogP contribution is -2.42. The molecule has 0 aromatic heterocycles. The fraction of sp³-hybridized carbons (Fsp3) is 0.579. The second kappa shape index (κ2) is 6.83. The molecule has 2 fully saturated rings. The van der Waals surface area contributed by atoms with Crippen LogP contribution in [0, 0.1) is 0 Å². The summed E-state index contributed by atoms with van der Waals surface area (Å²) >= 11 is 0. The molecule has 4 nitrogen and oxygen atoms in total. The molecular formula is C19H25NO3. The lowest BCUT2D eigenvalue weighted by Gasteiger charge is -2.30. The Kier molecular flexibility index (Phi) is 4.81. The van der Waals surface area contributed by atoms with Gasteiger partial charge in [0.15, 0.2) is 5.78 Å². The van der Waals surface area contributed by atoms with Crippen molar-refractivity contribution >= 4 is 11.7 Å². The zero-order chi connectivity index (χ0) is 16.3. The van der Waals surface area contributed by atoms with E-state index in [2.05, 4.69) is 0 Å². The normalized spacial score (nSPS) is 19.4. The molecule has 1 aliphatic carbocycles. The molecule has 1 saturated carbocycles. The van der Waals surface area contributed by atoms with Crippen molar-refractivity contribution in [1.82, 2.24) is 4.90 Å². The van der Waals surface area contributed by atoms with Crippen molar-refractivity contribution in [3.63, 3.8) is 0 Å². The van der Waals surface area contributed by atoms with Crippen LogP contribution in [0.3, 0.4) is 0 Å². The number of hydrogen-bond acceptors (Lipinski definition) is 3. The van der Waals surface area contributed by atoms with E-state index in [0.717, 1.165) is 49.9 Å². The van der Waals surface area contributed by atoms with Crippen LogP contribution in [0.4, 0.5) is 0 Å². The average Bonchev–Trinajstić information content (AvgIpc) is 3.42. The molecule has 0 radical (unpaired) electrons. The Balaban J connectivity index is 1.66. The van der Waals surface area contributed by atoms with Gasteiger partial charge in [-0.15, -0.1) is 0 Å². The summed E-state index contributed by atoms with van der Waals surface area (Å²) in [5.74, 6) is 0.174. The van der Waals surface area contributed by atoms with Crippen LogP contribution in [-0.4, -0.2) is 41.4 Å². The third-order valence-corrected chi connectivity index (χ3v) is 5.18. The van der Waals surface area contributed by atoms with E-state index in [1.807, 2.05) is 29.2 Å². The Hall–Kier alpha value is -1.68. The fourth-order valence-electron chi connectivity index (χ4n) is 3.50. The number of Topliss-reactive ketones (excluding diaryl/α,β-unsaturated/α-hetero) is 1. The molecule has 3 rings (SSSR count). The second-order valence-electron chi connectivity index (χ2n) is 6.83. The SMILES string of the molecule is O=C(CO)CCc1ccc(C2(C(=O)N3CCCCC3)CC2)cc1. The highest BCUT2D eigenvalue weighted by atomic mass is 16.3. The molecule has 1 saturated heterocycles. The van der Waals surface area contributed by atoms with Crippen LogP contribution < -0.4 is 0 Å². The molecule has 1 amide bonds. The van der Waals surface area contributed by atoms with Gasteiger partial charge in [0.05, 0.1) is 5.41 Å². The molecule has 124 valence electrons. The molecule has 0 spiro atoms. The summed E-state index contributed by atoms with van der Waals surface area (Å²) in [6, 6.07) is 8.13. The molecule has 1 aliphatic heterocycles. The number of rotatable bonds is 6. The molecule has 23 heavy (non-hydrogen) atoms. The number of piperidine rings is 1. The predicted octanol–water partition coefficient (Wildman–Crippen LogP) is 2.22. The molecule has 2 aliphatic rings. The number of aliphatic hydroxyl groups excluding tert-OH is 1. The minimum absolute atomic E-state index is 0.131. The van der Waals surface area contributed by atoms with Gasteiger partial charge in [-0.05, 0) is 49.7 Å². The number of ketones is 1. The van der Waals surface area contributed by atoms with E-state index in [9.17, 15) is 9.59 Å². The number of aryl methyl sites for hydroxylation is 1. The van der Waals surface area contributed by atoms with E-state index in [4.69, 9.17) is 5.11 Å². The van der Waals surface area contributed by atoms with Crippen LogP contribution >= 0.6 is 0 Å². The lowest BCUT2D eigenvalue weighted by molar-refractivity contribution is -0.134. The Morgan fingerprint density at radius 3 is 2.26 bits per heavy atom. The molecular weight excluding hydrogens is 290 g/mol. The Bertz CT molecular complexity index is 569. The minimum Gasteiger partial charge on any atom is -0.389 e. The Morgan fingerprint density at radius 2 is 1.70 bits per heavy atom. The molecule has 0 unspecified atom stereocenters. The highest BCUT2D eigenvalue weighted by Crippen LogP contribution is 2.49. The number of likely N-dealkylation sites (tertiary alicyclic amines) is 1. The first kappa shape index (κ1) is 16.2. The van der Waals surface area contributed by atoms with E-state index < -0.39 is 0 Å². The van der Waals surface area contributed by atoms with Crippen molar-refractivity contribution in [2.45, 2.75) is 50.4 Å². The summed E-state index contributed by atoms with van der Waals surface area (Å²) in [5, 5.41) is 8.77. The summed E-state index contributed by atoms with van der Waals surface area (Å²) < 4.78 is 0. The van der Waals surface area contributed by atoms with Gasteiger partial charge in [-0.1, -0.05) is 24.3 Å². The number of carbonyl (C=O) groups excluding carboxylic acids is 2. The maximum absolute atomic E-state index is 12.9. The molecule has 1 aromatic carbocycles. The van der Waals surface area contributed by atoms with Crippen LogP contribution in [0.2, 0.25) is 0 Å². The number of nitrogens with zero attached hydrogens (tertiary/aromatic N) is 1. The molecule has 0 atom stereocenters. The standard InChI is InChI=1S/C19H25NO3/c21-14-17(22)9-6-15-4-7-16(8-5-15)19(10-11-19)18(23)20-12-2-1-3-13-20/h4-5,7-8,21H,1-3,6,9-14H2. The zero-order valence-corrected chi connectivity index (χ0v) is 13.6. The topological polar surface area (TPSA) is 57.6 Å². The van der Waals surface area contributed by atoms with E-state index in [0.29, 0.717) is 18.7 Å². The van der Waals surface area contributed by atoms with E-state index in [-0.39, 0.29) is 17.8 Å². The predicted molar refractivity (Wildman–Crippen MR) is 88.2 cm³/mol. The van der Waals surface area contributed by atoms with E-state index in [1.165, 1.54) is 6.42 Å². The van der Waals surface area contributed by atoms with Crippen LogP contribution in [0.1, 0.15) is 49.7 Å². The van der Waals surface area contributed by atoms with Crippen molar-refractivity contribution in [2.75, 3.05) is 19.7 Å². The monoisotopic (exact) mass is 315 g/mol. The number of aliphatic hydroxyl groups is 1. The van der Waals surface area contributed by atoms with Crippen molar-refractivity contribution in [3.8, 4) is 0 Å². The largest absolute Gasteiger partial charge is 0.389 e. The van der Waals surface area contributed by atoms with Crippen molar-refractivity contribution < 1.29 is 14.7 Å². The summed E-state index contributed by atoms with van der Waals surface area (Å²) in [7, 11) is 0. The van der Waals surface area contributed by atoms with E-state index >= 15 is 0 Å². The first-order chi connectivity index (χ1) is 11.2. The minimum atomic E-state index is -0.383. The van der Waals surface area contributed by atoms with Crippen LogP contribution in [-0.2, 0) is 21.4 Å². The highest BCUT2D eigenvalue weighted by molar-refractivity contribution is 5.91. The number of benzene rings is 1. The molecule has 1 heterocycles. The highest BCUT2D eigenvalue weighted by Gasteiger charge is 2.52. The van der Waals surface area contributed by atoms with Gasteiger partial charge in [0, 0.05) is 19.5 Å². The summed E-state index contributed by atoms with van der Waals surface area (Å²) in [6.45, 7) is 1.43. The average molecular weight is 315 g/mol. The molecule has 1 aromatic rings. The third-order valence-electron chi connectivity index (χ3n) is 5.18. The molecule has 1 N–H and O–H groups in total. The van der Waals surface area contributed by atoms with Gasteiger partial charge in [0.2, 0.25) is 5.91 Å². The summed E-state index contributed by atoms with van der Waals surface area (Å²) in [4.78, 5) is 26.1. The van der Waals surface area contributed by atoms with Gasteiger partial charge in [0.1, 0.15) is 6.61 Å². The van der Waals surface area contributed by atoms with E-state index in [1.54, 1.807) is 0 Å². The van der Waals surface area contributed by atoms with Crippen molar-refractivity contribution in [1.29, 1.82) is 0 Å². The third kappa shape index (κ3) is 3.47. The number of carbonyl (C=O) groups is 2. The van der Waals surface area contributed by atoms with Crippen LogP contribution in [0.5, 0.6) is 0 Å². The van der Waals surface area contributed by atoms with Gasteiger partial charge in [0.25, 0.3) is 0 Å². The van der Waals surface area contributed by atoms with Crippen LogP contribution in [0.25, 0.3) is 0 Å². The van der Waals surface area contributed by atoms with Gasteiger partial charge >= 0.3 is 0 Å². The maximum atomic E-state index is 12.9. The molecule has 4 heteroatoms. The second-order valence-corrected chi connectivity index (χ2v) is 6.83. The van der Waals surface area contributed by atoms with Crippen LogP contribution in [0.15, 0.2) is 24.3 Å². The maximum Gasteiger partial charge on any atom is 0.233 e. The quantitative estimate of drug-likeness (QED) is 0.876. The first-order valence-electron chi connectivity index (χ1n) is 8.67. The zero-order valence-electron chi connectivity index (χ0n) is 13.6. The van der Waals surface area contributed by atoms with Crippen molar-refractivity contribution in [3.05, 3.63) is 35.4 Å². The Morgan fingerprint density at radius 1 is 1.04 bits per heavy atom. The smallest absolute Gasteiger partial charge is 0.233 e. The van der Waals surface area contributed by atoms with Crippen molar-refractivity contribution in [2.24, 2.45) is 0 Å². The molecule has 0 bridgehead atoms. The van der Waals surface area contributed by atoms with Gasteiger partial charge in [-0.3, -0.25) is 9.59 Å². The summed E-state index contributed by atoms with van der Waals surface area (Å²) in [5.41, 5.74) is 1.92. The number of amides is 1. The first-order valence-corrected chi connectivity index (χ1v) is 8.67. The Labute approximate surface area is 137 Å². The lowest BCUT2D eigenvalue weighted by atomic mass is 9.92. The number of hydrogen-bond donors (Lipinski definition) is 1. The van der Waals surface area contributed by atoms with Gasteiger partial charge in [-0.25, -0.2) is 0 Å². The van der Waals surface area contributed by atoms with Gasteiger partial charge in [-0.2, -0.15) is 0 Å². The van der Waals surface area contributed by atoms with Gasteiger partial charge < -0.3 is 10.0 Å². The fourth-order valence-corrected chi connectivity index (χ4v) is 3.50.